The van der Waals surface area contributed by atoms with Crippen LogP contribution in [0.2, 0.25) is 0 Å². The molecule has 1 unspecified atom stereocenters. The molecule has 1 heterocycles. The third-order valence-electron chi connectivity index (χ3n) is 4.30. The zero-order valence-corrected chi connectivity index (χ0v) is 14.2. The quantitative estimate of drug-likeness (QED) is 0.902. The van der Waals surface area contributed by atoms with Crippen LogP contribution in [0.15, 0.2) is 11.0 Å². The van der Waals surface area contributed by atoms with E-state index in [1.165, 1.54) is 4.31 Å². The van der Waals surface area contributed by atoms with Gasteiger partial charge in [-0.1, -0.05) is 0 Å². The molecule has 6 nitrogen and oxygen atoms in total. The number of primary amides is 1. The van der Waals surface area contributed by atoms with Crippen molar-refractivity contribution >= 4 is 15.9 Å². The van der Waals surface area contributed by atoms with Crippen molar-refractivity contribution in [2.45, 2.75) is 44.6 Å². The summed E-state index contributed by atoms with van der Waals surface area (Å²) in [6, 6.07) is 0.955. The Kier molecular flexibility index (Phi) is 4.49. The topological polar surface area (TPSA) is 89.7 Å². The highest BCUT2D eigenvalue weighted by Crippen LogP contribution is 2.34. The van der Waals surface area contributed by atoms with Gasteiger partial charge in [-0.05, 0) is 56.4 Å². The maximum atomic E-state index is 13.0. The third-order valence-corrected chi connectivity index (χ3v) is 6.50. The number of sulfonamides is 1. The van der Waals surface area contributed by atoms with Crippen LogP contribution >= 0.6 is 0 Å². The molecule has 0 saturated carbocycles. The van der Waals surface area contributed by atoms with E-state index in [9.17, 15) is 13.2 Å². The predicted octanol–water partition coefficient (Wildman–Crippen LogP) is 1.26. The average Bonchev–Trinajstić information content (AvgIpc) is 2.93. The number of methoxy groups -OCH3 is 1. The lowest BCUT2D eigenvalue weighted by Gasteiger charge is -2.25. The van der Waals surface area contributed by atoms with Gasteiger partial charge in [-0.15, -0.1) is 0 Å². The normalized spacial score (nSPS) is 19.4. The first kappa shape index (κ1) is 16.8. The van der Waals surface area contributed by atoms with Gasteiger partial charge in [0.05, 0.1) is 12.0 Å². The summed E-state index contributed by atoms with van der Waals surface area (Å²) in [5.41, 5.74) is 7.38. The number of amides is 1. The molecule has 7 heteroatoms. The zero-order valence-electron chi connectivity index (χ0n) is 13.3. The fourth-order valence-corrected chi connectivity index (χ4v) is 5.21. The molecule has 1 aliphatic rings. The number of benzene rings is 1. The second-order valence-corrected chi connectivity index (χ2v) is 7.48. The van der Waals surface area contributed by atoms with Crippen LogP contribution in [0.1, 0.15) is 29.5 Å². The highest BCUT2D eigenvalue weighted by Gasteiger charge is 2.40. The van der Waals surface area contributed by atoms with E-state index in [0.717, 1.165) is 5.56 Å². The summed E-state index contributed by atoms with van der Waals surface area (Å²) in [5, 5.41) is 0. The first-order valence-electron chi connectivity index (χ1n) is 7.17. The average molecular weight is 326 g/mol. The molecule has 0 radical (unpaired) electrons. The van der Waals surface area contributed by atoms with E-state index >= 15 is 0 Å². The number of rotatable bonds is 4. The molecule has 1 aromatic carbocycles. The van der Waals surface area contributed by atoms with Crippen LogP contribution < -0.4 is 10.5 Å². The lowest BCUT2D eigenvalue weighted by Crippen LogP contribution is -2.44. The first-order valence-corrected chi connectivity index (χ1v) is 8.61. The van der Waals surface area contributed by atoms with Crippen molar-refractivity contribution in [1.29, 1.82) is 0 Å². The molecule has 0 aromatic heterocycles. The number of nitrogens with two attached hydrogens (primary N) is 1. The van der Waals surface area contributed by atoms with Crippen LogP contribution in [-0.2, 0) is 14.8 Å². The van der Waals surface area contributed by atoms with Gasteiger partial charge in [-0.25, -0.2) is 8.42 Å². The van der Waals surface area contributed by atoms with E-state index in [2.05, 4.69) is 0 Å². The predicted molar refractivity (Wildman–Crippen MR) is 83.3 cm³/mol. The van der Waals surface area contributed by atoms with E-state index in [1.807, 2.05) is 6.92 Å². The Morgan fingerprint density at radius 3 is 2.50 bits per heavy atom. The van der Waals surface area contributed by atoms with E-state index in [0.29, 0.717) is 36.3 Å². The van der Waals surface area contributed by atoms with Crippen molar-refractivity contribution in [2.24, 2.45) is 5.73 Å². The monoisotopic (exact) mass is 326 g/mol. The second-order valence-electron chi connectivity index (χ2n) is 5.65. The summed E-state index contributed by atoms with van der Waals surface area (Å²) < 4.78 is 32.5. The molecule has 1 aromatic rings. The van der Waals surface area contributed by atoms with Gasteiger partial charge >= 0.3 is 0 Å². The number of aryl methyl sites for hydroxylation is 1. The molecule has 1 amide bonds. The number of carbonyl (C=O) groups is 1. The SMILES string of the molecule is COc1cc(C)c(S(=O)(=O)N2CCCC2C(N)=O)c(C)c1C. The standard InChI is InChI=1S/C15H22N2O4S/c1-9-8-13(21-4)10(2)11(3)14(9)22(19,20)17-7-5-6-12(17)15(16)18/h8,12H,5-7H2,1-4H3,(H2,16,18). The number of ether oxygens (including phenoxy) is 1. The smallest absolute Gasteiger partial charge is 0.244 e. The molecule has 0 aliphatic carbocycles. The maximum absolute atomic E-state index is 13.0. The molecule has 1 aliphatic heterocycles. The van der Waals surface area contributed by atoms with E-state index in [-0.39, 0.29) is 4.90 Å². The number of carbonyl (C=O) groups excluding carboxylic acids is 1. The summed E-state index contributed by atoms with van der Waals surface area (Å²) >= 11 is 0. The molecular formula is C15H22N2O4S. The second kappa shape index (κ2) is 5.89. The van der Waals surface area contributed by atoms with E-state index in [4.69, 9.17) is 10.5 Å². The Bertz CT molecular complexity index is 713. The van der Waals surface area contributed by atoms with Crippen LogP contribution in [0.4, 0.5) is 0 Å². The molecule has 0 bridgehead atoms. The van der Waals surface area contributed by atoms with Crippen molar-refractivity contribution in [1.82, 2.24) is 4.31 Å². The molecule has 122 valence electrons. The highest BCUT2D eigenvalue weighted by molar-refractivity contribution is 7.89. The minimum absolute atomic E-state index is 0.249. The van der Waals surface area contributed by atoms with Crippen LogP contribution in [-0.4, -0.2) is 38.3 Å². The van der Waals surface area contributed by atoms with Gasteiger partial charge in [0.2, 0.25) is 15.9 Å². The molecule has 1 fully saturated rings. The van der Waals surface area contributed by atoms with Crippen molar-refractivity contribution in [3.05, 3.63) is 22.8 Å². The Hall–Kier alpha value is -1.60. The van der Waals surface area contributed by atoms with Crippen LogP contribution in [0.5, 0.6) is 5.75 Å². The first-order chi connectivity index (χ1) is 10.2. The van der Waals surface area contributed by atoms with Crippen LogP contribution in [0.3, 0.4) is 0 Å². The molecular weight excluding hydrogens is 304 g/mol. The molecule has 1 saturated heterocycles. The number of hydrogen-bond donors (Lipinski definition) is 1. The van der Waals surface area contributed by atoms with Gasteiger partial charge in [-0.2, -0.15) is 4.31 Å². The maximum Gasteiger partial charge on any atom is 0.244 e. The highest BCUT2D eigenvalue weighted by atomic mass is 32.2. The molecule has 2 N–H and O–H groups in total. The lowest BCUT2D eigenvalue weighted by molar-refractivity contribution is -0.121. The van der Waals surface area contributed by atoms with Gasteiger partial charge in [0, 0.05) is 6.54 Å². The zero-order chi connectivity index (χ0) is 16.7. The Morgan fingerprint density at radius 2 is 1.95 bits per heavy atom. The fourth-order valence-electron chi connectivity index (χ4n) is 3.06. The van der Waals surface area contributed by atoms with Gasteiger partial charge < -0.3 is 10.5 Å². The summed E-state index contributed by atoms with van der Waals surface area (Å²) in [5.74, 6) is 0.0587. The van der Waals surface area contributed by atoms with Crippen molar-refractivity contribution in [3.8, 4) is 5.75 Å². The Balaban J connectivity index is 2.60. The largest absolute Gasteiger partial charge is 0.496 e. The van der Waals surface area contributed by atoms with Crippen molar-refractivity contribution in [3.63, 3.8) is 0 Å². The molecule has 2 rings (SSSR count). The van der Waals surface area contributed by atoms with Crippen molar-refractivity contribution < 1.29 is 17.9 Å². The van der Waals surface area contributed by atoms with Gasteiger partial charge in [0.25, 0.3) is 0 Å². The van der Waals surface area contributed by atoms with Crippen LogP contribution in [0, 0.1) is 20.8 Å². The molecule has 1 atom stereocenters. The van der Waals surface area contributed by atoms with Gasteiger partial charge in [0.15, 0.2) is 0 Å². The van der Waals surface area contributed by atoms with Gasteiger partial charge in [0.1, 0.15) is 11.8 Å². The van der Waals surface area contributed by atoms with E-state index < -0.39 is 22.0 Å². The summed E-state index contributed by atoms with van der Waals surface area (Å²) in [6.45, 7) is 5.63. The van der Waals surface area contributed by atoms with Crippen LogP contribution in [0.25, 0.3) is 0 Å². The summed E-state index contributed by atoms with van der Waals surface area (Å²) in [4.78, 5) is 11.8. The minimum atomic E-state index is -3.76. The Morgan fingerprint density at radius 1 is 1.32 bits per heavy atom. The molecule has 22 heavy (non-hydrogen) atoms. The summed E-state index contributed by atoms with van der Waals surface area (Å²) in [6.07, 6.45) is 1.11. The fraction of sp³-hybridized carbons (Fsp3) is 0.533. The van der Waals surface area contributed by atoms with E-state index in [1.54, 1.807) is 27.0 Å². The molecule has 0 spiro atoms. The number of nitrogens with zero attached hydrogens (tertiary/aromatic N) is 1. The number of hydrogen-bond acceptors (Lipinski definition) is 4. The van der Waals surface area contributed by atoms with Crippen molar-refractivity contribution in [2.75, 3.05) is 13.7 Å². The van der Waals surface area contributed by atoms with Gasteiger partial charge in [-0.3, -0.25) is 4.79 Å². The third kappa shape index (κ3) is 2.59. The Labute approximate surface area is 131 Å². The summed E-state index contributed by atoms with van der Waals surface area (Å²) in [7, 11) is -2.21. The minimum Gasteiger partial charge on any atom is -0.496 e. The lowest BCUT2D eigenvalue weighted by atomic mass is 10.1.